The first kappa shape index (κ1) is 25.0. The fourth-order valence-electron chi connectivity index (χ4n) is 2.26. The summed E-state index contributed by atoms with van der Waals surface area (Å²) in [6.45, 7) is 8.51. The first-order valence-electron chi connectivity index (χ1n) is 8.42. The summed E-state index contributed by atoms with van der Waals surface area (Å²) >= 11 is 6.10. The van der Waals surface area contributed by atoms with Gasteiger partial charge >= 0.3 is 0 Å². The highest BCUT2D eigenvalue weighted by Gasteiger charge is 2.25. The zero-order valence-corrected chi connectivity index (χ0v) is 15.2. The summed E-state index contributed by atoms with van der Waals surface area (Å²) in [6, 6.07) is 16.5. The molecule has 1 aliphatic carbocycles. The standard InChI is InChI=1S/C11H13Cl.C7H8.C3H8.2CH4/c1-2-9-10(8-6-7-8)4-3-5-11(9)12;1-7-5-3-2-4-6-7;1-3-2;;/h3-5,8H,2,6-7H2,1H3;2-6H,1H3;3H2,1-2H3;2*1H4. The van der Waals surface area contributed by atoms with Gasteiger partial charge in [0.15, 0.2) is 0 Å². The van der Waals surface area contributed by atoms with Gasteiger partial charge in [0, 0.05) is 5.02 Å². The quantitative estimate of drug-likeness (QED) is 0.510. The number of halogens is 1. The Bertz CT molecular complexity index is 527. The Morgan fingerprint density at radius 1 is 0.875 bits per heavy atom. The fraction of sp³-hybridized carbons (Fsp3) is 0.478. The van der Waals surface area contributed by atoms with E-state index in [-0.39, 0.29) is 14.9 Å². The van der Waals surface area contributed by atoms with Gasteiger partial charge in [-0.15, -0.1) is 0 Å². The lowest BCUT2D eigenvalue weighted by Gasteiger charge is -2.07. The highest BCUT2D eigenvalue weighted by Crippen LogP contribution is 2.43. The molecule has 0 radical (unpaired) electrons. The maximum Gasteiger partial charge on any atom is 0.0440 e. The Balaban J connectivity index is 0. The molecule has 0 saturated heterocycles. The minimum atomic E-state index is 0. The summed E-state index contributed by atoms with van der Waals surface area (Å²) in [5, 5.41) is 0.946. The molecular weight excluding hydrogens is 312 g/mol. The van der Waals surface area contributed by atoms with Crippen molar-refractivity contribution in [3.8, 4) is 0 Å². The van der Waals surface area contributed by atoms with Crippen molar-refractivity contribution in [2.24, 2.45) is 0 Å². The van der Waals surface area contributed by atoms with Crippen LogP contribution in [-0.2, 0) is 6.42 Å². The van der Waals surface area contributed by atoms with E-state index in [1.807, 2.05) is 24.3 Å². The summed E-state index contributed by atoms with van der Waals surface area (Å²) < 4.78 is 0. The third kappa shape index (κ3) is 9.13. The zero-order valence-electron chi connectivity index (χ0n) is 14.4. The largest absolute Gasteiger partial charge is 0.0840 e. The molecule has 0 aromatic heterocycles. The van der Waals surface area contributed by atoms with Crippen LogP contribution < -0.4 is 0 Å². The minimum Gasteiger partial charge on any atom is -0.0840 e. The lowest BCUT2D eigenvalue weighted by Crippen LogP contribution is -1.90. The van der Waals surface area contributed by atoms with Crippen LogP contribution in [0.4, 0.5) is 0 Å². The highest BCUT2D eigenvalue weighted by molar-refractivity contribution is 6.31. The van der Waals surface area contributed by atoms with Gasteiger partial charge in [0.1, 0.15) is 0 Å². The Labute approximate surface area is 156 Å². The number of rotatable bonds is 2. The molecule has 0 N–H and O–H groups in total. The van der Waals surface area contributed by atoms with Crippen molar-refractivity contribution in [1.82, 2.24) is 0 Å². The Kier molecular flexibility index (Phi) is 14.7. The number of benzene rings is 2. The predicted molar refractivity (Wildman–Crippen MR) is 113 cm³/mol. The molecule has 1 aliphatic rings. The van der Waals surface area contributed by atoms with Crippen molar-refractivity contribution < 1.29 is 0 Å². The van der Waals surface area contributed by atoms with Crippen molar-refractivity contribution in [2.45, 2.75) is 74.1 Å². The summed E-state index contributed by atoms with van der Waals surface area (Å²) in [4.78, 5) is 0. The number of aryl methyl sites for hydroxylation is 1. The van der Waals surface area contributed by atoms with Gasteiger partial charge in [-0.25, -0.2) is 0 Å². The van der Waals surface area contributed by atoms with Gasteiger partial charge in [-0.1, -0.05) is 102 Å². The maximum atomic E-state index is 6.10. The molecule has 24 heavy (non-hydrogen) atoms. The van der Waals surface area contributed by atoms with Crippen LogP contribution in [0.2, 0.25) is 5.02 Å². The second-order valence-corrected chi connectivity index (χ2v) is 6.20. The second-order valence-electron chi connectivity index (χ2n) is 5.80. The average molecular weight is 349 g/mol. The third-order valence-corrected chi connectivity index (χ3v) is 3.82. The molecule has 2 aromatic rings. The first-order valence-corrected chi connectivity index (χ1v) is 8.80. The van der Waals surface area contributed by atoms with Crippen LogP contribution in [-0.4, -0.2) is 0 Å². The van der Waals surface area contributed by atoms with E-state index in [9.17, 15) is 0 Å². The normalized spacial score (nSPS) is 11.5. The lowest BCUT2D eigenvalue weighted by molar-refractivity contribution is 1.03. The first-order chi connectivity index (χ1) is 10.6. The van der Waals surface area contributed by atoms with Gasteiger partial charge in [0.2, 0.25) is 0 Å². The van der Waals surface area contributed by atoms with Gasteiger partial charge in [-0.2, -0.15) is 0 Å². The van der Waals surface area contributed by atoms with Crippen molar-refractivity contribution in [3.63, 3.8) is 0 Å². The van der Waals surface area contributed by atoms with Gasteiger partial charge in [0.25, 0.3) is 0 Å². The molecule has 1 heteroatoms. The molecule has 2 aromatic carbocycles. The van der Waals surface area contributed by atoms with Gasteiger partial charge < -0.3 is 0 Å². The molecule has 0 spiro atoms. The molecular formula is C23H37Cl. The summed E-state index contributed by atoms with van der Waals surface area (Å²) in [7, 11) is 0. The van der Waals surface area contributed by atoms with Crippen LogP contribution in [0, 0.1) is 6.92 Å². The maximum absolute atomic E-state index is 6.10. The van der Waals surface area contributed by atoms with Crippen molar-refractivity contribution in [3.05, 3.63) is 70.2 Å². The number of hydrogen-bond acceptors (Lipinski definition) is 0. The molecule has 0 heterocycles. The van der Waals surface area contributed by atoms with E-state index in [1.54, 1.807) is 0 Å². The Morgan fingerprint density at radius 3 is 1.79 bits per heavy atom. The summed E-state index contributed by atoms with van der Waals surface area (Å²) in [6.07, 6.45) is 5.02. The van der Waals surface area contributed by atoms with Crippen molar-refractivity contribution in [1.29, 1.82) is 0 Å². The SMILES string of the molecule is C.C.CCC.CCc1c(Cl)cccc1C1CC1.Cc1ccccc1. The smallest absolute Gasteiger partial charge is 0.0440 e. The van der Waals surface area contributed by atoms with E-state index < -0.39 is 0 Å². The van der Waals surface area contributed by atoms with E-state index in [4.69, 9.17) is 11.6 Å². The minimum absolute atomic E-state index is 0. The molecule has 3 rings (SSSR count). The van der Waals surface area contributed by atoms with E-state index in [2.05, 4.69) is 52.0 Å². The molecule has 1 saturated carbocycles. The molecule has 0 bridgehead atoms. The summed E-state index contributed by atoms with van der Waals surface area (Å²) in [5.74, 6) is 0.818. The van der Waals surface area contributed by atoms with Crippen molar-refractivity contribution in [2.75, 3.05) is 0 Å². The predicted octanol–water partition coefficient (Wildman–Crippen LogP) is 8.46. The van der Waals surface area contributed by atoms with Gasteiger partial charge in [-0.3, -0.25) is 0 Å². The van der Waals surface area contributed by atoms with E-state index in [0.717, 1.165) is 17.4 Å². The van der Waals surface area contributed by atoms with Crippen LogP contribution in [0.15, 0.2) is 48.5 Å². The van der Waals surface area contributed by atoms with Crippen LogP contribution in [0.25, 0.3) is 0 Å². The van der Waals surface area contributed by atoms with Crippen LogP contribution in [0.5, 0.6) is 0 Å². The molecule has 0 aliphatic heterocycles. The lowest BCUT2D eigenvalue weighted by atomic mass is 10.0. The van der Waals surface area contributed by atoms with E-state index in [0.29, 0.717) is 0 Å². The highest BCUT2D eigenvalue weighted by atomic mass is 35.5. The van der Waals surface area contributed by atoms with E-state index in [1.165, 1.54) is 36.0 Å². The monoisotopic (exact) mass is 348 g/mol. The van der Waals surface area contributed by atoms with E-state index >= 15 is 0 Å². The molecule has 136 valence electrons. The van der Waals surface area contributed by atoms with Gasteiger partial charge in [0.05, 0.1) is 0 Å². The second kappa shape index (κ2) is 14.1. The zero-order chi connectivity index (χ0) is 16.4. The third-order valence-electron chi connectivity index (χ3n) is 3.47. The molecule has 0 unspecified atom stereocenters. The van der Waals surface area contributed by atoms with Crippen LogP contribution in [0.1, 0.15) is 77.5 Å². The average Bonchev–Trinajstić information content (AvgIpc) is 3.34. The van der Waals surface area contributed by atoms with Gasteiger partial charge in [-0.05, 0) is 49.3 Å². The topological polar surface area (TPSA) is 0 Å². The molecule has 0 nitrogen and oxygen atoms in total. The molecule has 1 fully saturated rings. The molecule has 0 amide bonds. The van der Waals surface area contributed by atoms with Crippen LogP contribution >= 0.6 is 11.6 Å². The van der Waals surface area contributed by atoms with Crippen molar-refractivity contribution >= 4 is 11.6 Å². The molecule has 0 atom stereocenters. The fourth-order valence-corrected chi connectivity index (χ4v) is 2.58. The Hall–Kier alpha value is -1.27. The number of hydrogen-bond donors (Lipinski definition) is 0. The Morgan fingerprint density at radius 2 is 1.42 bits per heavy atom. The summed E-state index contributed by atoms with van der Waals surface area (Å²) in [5.41, 5.74) is 4.18. The van der Waals surface area contributed by atoms with Crippen LogP contribution in [0.3, 0.4) is 0 Å².